The molecule has 0 bridgehead atoms. The fourth-order valence-corrected chi connectivity index (χ4v) is 2.92. The Morgan fingerprint density at radius 2 is 1.59 bits per heavy atom. The summed E-state index contributed by atoms with van der Waals surface area (Å²) in [5, 5.41) is 3.71. The molecule has 1 fully saturated rings. The molecule has 0 spiro atoms. The van der Waals surface area contributed by atoms with Crippen molar-refractivity contribution in [3.05, 3.63) is 0 Å². The van der Waals surface area contributed by atoms with Crippen LogP contribution >= 0.6 is 0 Å². The normalized spacial score (nSPS) is 22.8. The lowest BCUT2D eigenvalue weighted by atomic mass is 10.0. The number of likely N-dealkylation sites (tertiary alicyclic amines) is 1. The number of hydrogen-bond acceptors (Lipinski definition) is 2. The molecular weight excluding hydrogens is 208 g/mol. The Morgan fingerprint density at radius 3 is 2.12 bits per heavy atom. The molecule has 0 saturated carbocycles. The van der Waals surface area contributed by atoms with Gasteiger partial charge in [-0.2, -0.15) is 0 Å². The maximum Gasteiger partial charge on any atom is 0.0220 e. The van der Waals surface area contributed by atoms with E-state index in [0.29, 0.717) is 12.1 Å². The molecule has 17 heavy (non-hydrogen) atoms. The van der Waals surface area contributed by atoms with Crippen molar-refractivity contribution in [2.75, 3.05) is 19.6 Å². The monoisotopic (exact) mass is 240 g/mol. The highest BCUT2D eigenvalue weighted by Crippen LogP contribution is 2.15. The Balaban J connectivity index is 2.42. The zero-order valence-electron chi connectivity index (χ0n) is 12.2. The number of nitrogens with one attached hydrogen (secondary N) is 1. The van der Waals surface area contributed by atoms with Crippen LogP contribution in [0.2, 0.25) is 0 Å². The van der Waals surface area contributed by atoms with Crippen LogP contribution in [-0.2, 0) is 0 Å². The van der Waals surface area contributed by atoms with Crippen LogP contribution in [-0.4, -0.2) is 36.6 Å². The smallest absolute Gasteiger partial charge is 0.0220 e. The molecule has 0 aromatic rings. The first-order valence-corrected chi connectivity index (χ1v) is 7.77. The lowest BCUT2D eigenvalue weighted by Gasteiger charge is -2.36. The van der Waals surface area contributed by atoms with Gasteiger partial charge >= 0.3 is 0 Å². The van der Waals surface area contributed by atoms with Crippen LogP contribution in [0.4, 0.5) is 0 Å². The van der Waals surface area contributed by atoms with Crippen LogP contribution in [0, 0.1) is 0 Å². The molecule has 2 nitrogen and oxygen atoms in total. The van der Waals surface area contributed by atoms with Gasteiger partial charge in [0.05, 0.1) is 0 Å². The summed E-state index contributed by atoms with van der Waals surface area (Å²) < 4.78 is 0. The van der Waals surface area contributed by atoms with E-state index in [4.69, 9.17) is 0 Å². The molecule has 1 heterocycles. The number of hydrogen-bond donors (Lipinski definition) is 1. The third kappa shape index (κ3) is 5.39. The summed E-state index contributed by atoms with van der Waals surface area (Å²) in [5.74, 6) is 0. The first kappa shape index (κ1) is 15.0. The van der Waals surface area contributed by atoms with E-state index in [2.05, 4.69) is 31.0 Å². The van der Waals surface area contributed by atoms with Gasteiger partial charge in [-0.3, -0.25) is 4.90 Å². The summed E-state index contributed by atoms with van der Waals surface area (Å²) >= 11 is 0. The highest BCUT2D eigenvalue weighted by atomic mass is 15.2. The van der Waals surface area contributed by atoms with Gasteiger partial charge in [0.25, 0.3) is 0 Å². The van der Waals surface area contributed by atoms with Crippen molar-refractivity contribution in [2.45, 2.75) is 77.8 Å². The van der Waals surface area contributed by atoms with Crippen LogP contribution in [0.1, 0.15) is 65.7 Å². The topological polar surface area (TPSA) is 15.3 Å². The molecule has 0 amide bonds. The number of nitrogens with zero attached hydrogens (tertiary/aromatic N) is 1. The highest BCUT2D eigenvalue weighted by molar-refractivity contribution is 4.81. The first-order valence-electron chi connectivity index (χ1n) is 7.77. The van der Waals surface area contributed by atoms with Crippen molar-refractivity contribution in [3.8, 4) is 0 Å². The van der Waals surface area contributed by atoms with Crippen LogP contribution in [0.5, 0.6) is 0 Å². The highest BCUT2D eigenvalue weighted by Gasteiger charge is 2.21. The van der Waals surface area contributed by atoms with E-state index >= 15 is 0 Å². The maximum absolute atomic E-state index is 3.71. The summed E-state index contributed by atoms with van der Waals surface area (Å²) in [4.78, 5) is 2.72. The summed E-state index contributed by atoms with van der Waals surface area (Å²) in [7, 11) is 0. The van der Waals surface area contributed by atoms with E-state index in [-0.39, 0.29) is 0 Å². The fraction of sp³-hybridized carbons (Fsp3) is 1.00. The Hall–Kier alpha value is -0.0800. The Morgan fingerprint density at radius 1 is 1.00 bits per heavy atom. The average Bonchev–Trinajstić information content (AvgIpc) is 2.29. The Labute approximate surface area is 108 Å². The van der Waals surface area contributed by atoms with Crippen molar-refractivity contribution in [1.29, 1.82) is 0 Å². The minimum Gasteiger partial charge on any atom is -0.312 e. The molecule has 102 valence electrons. The summed E-state index contributed by atoms with van der Waals surface area (Å²) in [6, 6.07) is 1.37. The molecule has 0 aromatic carbocycles. The van der Waals surface area contributed by atoms with Crippen LogP contribution < -0.4 is 5.32 Å². The summed E-state index contributed by atoms with van der Waals surface area (Å²) in [5.41, 5.74) is 0. The van der Waals surface area contributed by atoms with E-state index < -0.39 is 0 Å². The van der Waals surface area contributed by atoms with Crippen LogP contribution in [0.25, 0.3) is 0 Å². The van der Waals surface area contributed by atoms with E-state index in [9.17, 15) is 0 Å². The predicted octanol–water partition coefficient (Wildman–Crippen LogP) is 3.42. The van der Waals surface area contributed by atoms with Gasteiger partial charge < -0.3 is 5.32 Å². The molecule has 0 aromatic heterocycles. The quantitative estimate of drug-likeness (QED) is 0.765. The van der Waals surface area contributed by atoms with Gasteiger partial charge in [-0.25, -0.2) is 0 Å². The zero-order valence-corrected chi connectivity index (χ0v) is 12.2. The minimum absolute atomic E-state index is 0.675. The second kappa shape index (κ2) is 8.93. The van der Waals surface area contributed by atoms with Gasteiger partial charge in [0, 0.05) is 12.1 Å². The summed E-state index contributed by atoms with van der Waals surface area (Å²) in [6.45, 7) is 10.8. The lowest BCUT2D eigenvalue weighted by molar-refractivity contribution is 0.153. The molecule has 2 heteroatoms. The summed E-state index contributed by atoms with van der Waals surface area (Å²) in [6.07, 6.45) is 9.60. The van der Waals surface area contributed by atoms with Crippen molar-refractivity contribution in [3.63, 3.8) is 0 Å². The molecule has 0 radical (unpaired) electrons. The fourth-order valence-electron chi connectivity index (χ4n) is 2.92. The average molecular weight is 240 g/mol. The van der Waals surface area contributed by atoms with E-state index in [0.717, 1.165) is 6.54 Å². The standard InChI is InChI=1S/C15H32N2/c1-4-11-16-15(5-2)14(3)17-12-9-7-6-8-10-13-17/h14-16H,4-13H2,1-3H3. The second-order valence-electron chi connectivity index (χ2n) is 5.51. The number of rotatable bonds is 6. The third-order valence-electron chi connectivity index (χ3n) is 4.15. The van der Waals surface area contributed by atoms with Crippen LogP contribution in [0.15, 0.2) is 0 Å². The first-order chi connectivity index (χ1) is 8.29. The third-order valence-corrected chi connectivity index (χ3v) is 4.15. The predicted molar refractivity (Wildman–Crippen MR) is 76.5 cm³/mol. The van der Waals surface area contributed by atoms with Crippen molar-refractivity contribution >= 4 is 0 Å². The molecule has 2 atom stereocenters. The van der Waals surface area contributed by atoms with E-state index in [1.54, 1.807) is 0 Å². The van der Waals surface area contributed by atoms with Crippen molar-refractivity contribution in [1.82, 2.24) is 10.2 Å². The minimum atomic E-state index is 0.675. The second-order valence-corrected chi connectivity index (χ2v) is 5.51. The molecule has 0 aliphatic carbocycles. The molecule has 1 aliphatic heterocycles. The Kier molecular flexibility index (Phi) is 7.87. The maximum atomic E-state index is 3.71. The van der Waals surface area contributed by atoms with Gasteiger partial charge in [0.1, 0.15) is 0 Å². The lowest BCUT2D eigenvalue weighted by Crippen LogP contribution is -2.49. The molecule has 1 rings (SSSR count). The van der Waals surface area contributed by atoms with Gasteiger partial charge in [-0.15, -0.1) is 0 Å². The molecule has 1 aliphatic rings. The SMILES string of the molecule is CCCNC(CC)C(C)N1CCCCCCC1. The largest absolute Gasteiger partial charge is 0.312 e. The van der Waals surface area contributed by atoms with Crippen molar-refractivity contribution in [2.24, 2.45) is 0 Å². The zero-order chi connectivity index (χ0) is 12.5. The molecular formula is C15H32N2. The molecule has 2 unspecified atom stereocenters. The van der Waals surface area contributed by atoms with Gasteiger partial charge in [0.15, 0.2) is 0 Å². The molecule has 1 N–H and O–H groups in total. The van der Waals surface area contributed by atoms with E-state index in [1.807, 2.05) is 0 Å². The van der Waals surface area contributed by atoms with Crippen LogP contribution in [0.3, 0.4) is 0 Å². The van der Waals surface area contributed by atoms with Crippen molar-refractivity contribution < 1.29 is 0 Å². The van der Waals surface area contributed by atoms with Gasteiger partial charge in [-0.05, 0) is 52.2 Å². The molecule has 1 saturated heterocycles. The van der Waals surface area contributed by atoms with Gasteiger partial charge in [0.2, 0.25) is 0 Å². The van der Waals surface area contributed by atoms with E-state index in [1.165, 1.54) is 58.0 Å². The van der Waals surface area contributed by atoms with Gasteiger partial charge in [-0.1, -0.05) is 33.1 Å². The Bertz CT molecular complexity index is 174.